The quantitative estimate of drug-likeness (QED) is 0.611. The SMILES string of the molecule is CC(C)C(N)C(=O)C1(C(=O)C2CCCN2)NCCS1. The highest BCUT2D eigenvalue weighted by atomic mass is 32.2. The first kappa shape index (κ1) is 15.0. The maximum Gasteiger partial charge on any atom is 0.187 e. The lowest BCUT2D eigenvalue weighted by molar-refractivity contribution is -0.133. The average Bonchev–Trinajstić information content (AvgIpc) is 3.07. The molecule has 6 heteroatoms. The molecule has 2 fully saturated rings. The third-order valence-electron chi connectivity index (χ3n) is 3.89. The van der Waals surface area contributed by atoms with Gasteiger partial charge in [0.05, 0.1) is 12.1 Å². The number of carbonyl (C=O) groups is 2. The summed E-state index contributed by atoms with van der Waals surface area (Å²) in [5.74, 6) is 0.615. The molecule has 0 aromatic rings. The molecule has 0 aliphatic carbocycles. The fraction of sp³-hybridized carbons (Fsp3) is 0.846. The average molecular weight is 285 g/mol. The summed E-state index contributed by atoms with van der Waals surface area (Å²) >= 11 is 1.41. The number of Topliss-reactive ketones (excluding diaryl/α,β-unsaturated/α-hetero) is 2. The summed E-state index contributed by atoms with van der Waals surface area (Å²) in [7, 11) is 0. The zero-order valence-corrected chi connectivity index (χ0v) is 12.4. The molecule has 3 atom stereocenters. The van der Waals surface area contributed by atoms with Crippen LogP contribution < -0.4 is 16.4 Å². The van der Waals surface area contributed by atoms with Crippen molar-refractivity contribution >= 4 is 23.3 Å². The van der Waals surface area contributed by atoms with Crippen molar-refractivity contribution in [3.63, 3.8) is 0 Å². The molecule has 0 saturated carbocycles. The van der Waals surface area contributed by atoms with Crippen molar-refractivity contribution < 1.29 is 9.59 Å². The fourth-order valence-corrected chi connectivity index (χ4v) is 3.89. The van der Waals surface area contributed by atoms with Crippen LogP contribution in [-0.2, 0) is 9.59 Å². The van der Waals surface area contributed by atoms with Gasteiger partial charge in [0.1, 0.15) is 0 Å². The Morgan fingerprint density at radius 3 is 2.58 bits per heavy atom. The number of hydrogen-bond donors (Lipinski definition) is 3. The first-order valence-corrected chi connectivity index (χ1v) is 7.94. The predicted molar refractivity (Wildman–Crippen MR) is 77.0 cm³/mol. The van der Waals surface area contributed by atoms with Gasteiger partial charge in [0.15, 0.2) is 16.4 Å². The van der Waals surface area contributed by atoms with Crippen molar-refractivity contribution in [1.29, 1.82) is 0 Å². The smallest absolute Gasteiger partial charge is 0.187 e. The lowest BCUT2D eigenvalue weighted by Crippen LogP contribution is -2.62. The molecule has 2 aliphatic rings. The molecular weight excluding hydrogens is 262 g/mol. The molecule has 2 saturated heterocycles. The van der Waals surface area contributed by atoms with E-state index in [1.54, 1.807) is 0 Å². The van der Waals surface area contributed by atoms with Gasteiger partial charge in [-0.05, 0) is 25.3 Å². The van der Waals surface area contributed by atoms with E-state index in [9.17, 15) is 9.59 Å². The molecule has 5 nitrogen and oxygen atoms in total. The summed E-state index contributed by atoms with van der Waals surface area (Å²) in [6, 6.07) is -0.801. The first-order chi connectivity index (χ1) is 8.99. The van der Waals surface area contributed by atoms with E-state index in [0.717, 1.165) is 25.1 Å². The molecule has 0 aromatic heterocycles. The molecule has 19 heavy (non-hydrogen) atoms. The van der Waals surface area contributed by atoms with Gasteiger partial charge < -0.3 is 11.1 Å². The molecule has 2 rings (SSSR count). The van der Waals surface area contributed by atoms with Gasteiger partial charge >= 0.3 is 0 Å². The second-order valence-corrected chi connectivity index (χ2v) is 6.91. The van der Waals surface area contributed by atoms with Crippen LogP contribution in [0.3, 0.4) is 0 Å². The largest absolute Gasteiger partial charge is 0.321 e. The van der Waals surface area contributed by atoms with Gasteiger partial charge in [-0.25, -0.2) is 0 Å². The Balaban J connectivity index is 2.22. The van der Waals surface area contributed by atoms with Crippen molar-refractivity contribution in [2.75, 3.05) is 18.8 Å². The summed E-state index contributed by atoms with van der Waals surface area (Å²) in [6.45, 7) is 5.35. The van der Waals surface area contributed by atoms with E-state index in [4.69, 9.17) is 5.73 Å². The van der Waals surface area contributed by atoms with Gasteiger partial charge in [-0.2, -0.15) is 0 Å². The number of hydrogen-bond acceptors (Lipinski definition) is 6. The minimum absolute atomic E-state index is 0.0337. The normalized spacial score (nSPS) is 32.7. The minimum Gasteiger partial charge on any atom is -0.321 e. The highest BCUT2D eigenvalue weighted by molar-refractivity contribution is 8.02. The topological polar surface area (TPSA) is 84.2 Å². The molecule has 2 aliphatic heterocycles. The van der Waals surface area contributed by atoms with Gasteiger partial charge in [-0.15, -0.1) is 11.8 Å². The standard InChI is InChI=1S/C13H23N3O2S/c1-8(2)10(14)12(18)13(16-6-7-19-13)11(17)9-4-3-5-15-9/h8-10,15-16H,3-7,14H2,1-2H3. The fourth-order valence-electron chi connectivity index (χ4n) is 2.61. The molecule has 0 bridgehead atoms. The van der Waals surface area contributed by atoms with Gasteiger partial charge in [0, 0.05) is 12.3 Å². The van der Waals surface area contributed by atoms with E-state index in [1.165, 1.54) is 11.8 Å². The van der Waals surface area contributed by atoms with Crippen LogP contribution in [0, 0.1) is 5.92 Å². The molecule has 108 valence electrons. The second kappa shape index (κ2) is 5.91. The van der Waals surface area contributed by atoms with Crippen LogP contribution in [0.15, 0.2) is 0 Å². The number of rotatable bonds is 5. The van der Waals surface area contributed by atoms with Gasteiger partial charge in [0.25, 0.3) is 0 Å². The van der Waals surface area contributed by atoms with Gasteiger partial charge in [0.2, 0.25) is 0 Å². The van der Waals surface area contributed by atoms with Gasteiger partial charge in [-0.3, -0.25) is 14.9 Å². The van der Waals surface area contributed by atoms with Crippen LogP contribution in [-0.4, -0.2) is 47.4 Å². The van der Waals surface area contributed by atoms with Crippen LogP contribution in [0.25, 0.3) is 0 Å². The maximum atomic E-state index is 12.7. The Morgan fingerprint density at radius 1 is 1.37 bits per heavy atom. The van der Waals surface area contributed by atoms with Crippen LogP contribution in [0.2, 0.25) is 0 Å². The van der Waals surface area contributed by atoms with Crippen LogP contribution in [0.5, 0.6) is 0 Å². The van der Waals surface area contributed by atoms with E-state index in [1.807, 2.05) is 13.8 Å². The molecule has 2 heterocycles. The summed E-state index contributed by atoms with van der Waals surface area (Å²) in [5.41, 5.74) is 5.99. The first-order valence-electron chi connectivity index (χ1n) is 6.95. The summed E-state index contributed by atoms with van der Waals surface area (Å²) in [4.78, 5) is 24.2. The number of ketones is 2. The summed E-state index contributed by atoms with van der Waals surface area (Å²) in [5, 5.41) is 6.31. The molecule has 0 amide bonds. The van der Waals surface area contributed by atoms with Crippen molar-refractivity contribution in [1.82, 2.24) is 10.6 Å². The third kappa shape index (κ3) is 2.72. The minimum atomic E-state index is -1.12. The molecule has 0 spiro atoms. The zero-order valence-electron chi connectivity index (χ0n) is 11.6. The van der Waals surface area contributed by atoms with Gasteiger partial charge in [-0.1, -0.05) is 13.8 Å². The van der Waals surface area contributed by atoms with Crippen LogP contribution in [0.4, 0.5) is 0 Å². The van der Waals surface area contributed by atoms with E-state index in [-0.39, 0.29) is 23.5 Å². The highest BCUT2D eigenvalue weighted by Crippen LogP contribution is 2.33. The third-order valence-corrected chi connectivity index (χ3v) is 5.27. The van der Waals surface area contributed by atoms with E-state index < -0.39 is 10.9 Å². The zero-order chi connectivity index (χ0) is 14.0. The molecule has 0 radical (unpaired) electrons. The van der Waals surface area contributed by atoms with E-state index >= 15 is 0 Å². The number of nitrogens with one attached hydrogen (secondary N) is 2. The molecule has 3 unspecified atom stereocenters. The van der Waals surface area contributed by atoms with Crippen LogP contribution >= 0.6 is 11.8 Å². The molecule has 0 aromatic carbocycles. The van der Waals surface area contributed by atoms with Crippen molar-refractivity contribution in [2.24, 2.45) is 11.7 Å². The number of nitrogens with two attached hydrogens (primary N) is 1. The Morgan fingerprint density at radius 2 is 2.11 bits per heavy atom. The van der Waals surface area contributed by atoms with E-state index in [0.29, 0.717) is 6.54 Å². The Hall–Kier alpha value is -0.430. The lowest BCUT2D eigenvalue weighted by atomic mass is 9.90. The second-order valence-electron chi connectivity index (χ2n) is 5.60. The van der Waals surface area contributed by atoms with Crippen LogP contribution in [0.1, 0.15) is 26.7 Å². The number of thioether (sulfide) groups is 1. The monoisotopic (exact) mass is 285 g/mol. The van der Waals surface area contributed by atoms with Crippen molar-refractivity contribution in [3.05, 3.63) is 0 Å². The van der Waals surface area contributed by atoms with Crippen molar-refractivity contribution in [3.8, 4) is 0 Å². The highest BCUT2D eigenvalue weighted by Gasteiger charge is 2.52. The molecule has 4 N–H and O–H groups in total. The van der Waals surface area contributed by atoms with Crippen molar-refractivity contribution in [2.45, 2.75) is 43.6 Å². The van der Waals surface area contributed by atoms with E-state index in [2.05, 4.69) is 10.6 Å². The Labute approximate surface area is 118 Å². The summed E-state index contributed by atoms with van der Waals surface area (Å²) < 4.78 is 0. The lowest BCUT2D eigenvalue weighted by Gasteiger charge is -2.31. The maximum absolute atomic E-state index is 12.7. The molecular formula is C13H23N3O2S. The summed E-state index contributed by atoms with van der Waals surface area (Å²) in [6.07, 6.45) is 1.80. The predicted octanol–water partition coefficient (Wildman–Crippen LogP) is -0.107. The Bertz CT molecular complexity index is 345. The number of carbonyl (C=O) groups excluding carboxylic acids is 2. The Kier molecular flexibility index (Phi) is 4.66.